The number of nitrogens with zero attached hydrogens (tertiary/aromatic N) is 2. The number of thiazole rings is 1. The largest absolute Gasteiger partial charge is 0.312 e. The molecule has 1 aromatic rings. The van der Waals surface area contributed by atoms with Gasteiger partial charge in [0.1, 0.15) is 0 Å². The van der Waals surface area contributed by atoms with Crippen molar-refractivity contribution >= 4 is 11.3 Å². The van der Waals surface area contributed by atoms with Gasteiger partial charge in [-0.2, -0.15) is 0 Å². The van der Waals surface area contributed by atoms with E-state index in [4.69, 9.17) is 0 Å². The molecule has 1 heterocycles. The van der Waals surface area contributed by atoms with Gasteiger partial charge in [-0.05, 0) is 46.8 Å². The van der Waals surface area contributed by atoms with Gasteiger partial charge in [-0.3, -0.25) is 0 Å². The molecular formula is C16H31N3S. The van der Waals surface area contributed by atoms with Gasteiger partial charge in [0, 0.05) is 29.1 Å². The average Bonchev–Trinajstić information content (AvgIpc) is 2.81. The molecule has 20 heavy (non-hydrogen) atoms. The molecule has 1 aromatic heterocycles. The van der Waals surface area contributed by atoms with E-state index in [9.17, 15) is 0 Å². The van der Waals surface area contributed by atoms with E-state index in [0.29, 0.717) is 6.04 Å². The third kappa shape index (κ3) is 6.33. The van der Waals surface area contributed by atoms with Crippen LogP contribution in [0.1, 0.15) is 57.3 Å². The molecule has 0 aliphatic rings. The van der Waals surface area contributed by atoms with Gasteiger partial charge >= 0.3 is 0 Å². The summed E-state index contributed by atoms with van der Waals surface area (Å²) in [6.07, 6.45) is 4.52. The summed E-state index contributed by atoms with van der Waals surface area (Å²) in [7, 11) is 2.20. The maximum absolute atomic E-state index is 4.52. The summed E-state index contributed by atoms with van der Waals surface area (Å²) >= 11 is 1.83. The summed E-state index contributed by atoms with van der Waals surface area (Å²) in [5, 5.41) is 4.75. The molecule has 0 unspecified atom stereocenters. The second-order valence-corrected chi connectivity index (χ2v) is 7.96. The van der Waals surface area contributed by atoms with Crippen molar-refractivity contribution < 1.29 is 0 Å². The fourth-order valence-corrected chi connectivity index (χ4v) is 2.76. The quantitative estimate of drug-likeness (QED) is 0.742. The van der Waals surface area contributed by atoms with E-state index in [1.165, 1.54) is 29.3 Å². The zero-order valence-electron chi connectivity index (χ0n) is 14.0. The highest BCUT2D eigenvalue weighted by atomic mass is 32.1. The van der Waals surface area contributed by atoms with Crippen LogP contribution in [0.5, 0.6) is 0 Å². The maximum Gasteiger partial charge on any atom is 0.0981 e. The summed E-state index contributed by atoms with van der Waals surface area (Å²) in [6.45, 7) is 14.4. The summed E-state index contributed by atoms with van der Waals surface area (Å²) in [5.74, 6) is 0. The van der Waals surface area contributed by atoms with Gasteiger partial charge in [-0.1, -0.05) is 20.8 Å². The van der Waals surface area contributed by atoms with E-state index in [1.807, 2.05) is 17.5 Å². The van der Waals surface area contributed by atoms with Crippen molar-refractivity contribution in [2.24, 2.45) is 0 Å². The van der Waals surface area contributed by atoms with E-state index >= 15 is 0 Å². The van der Waals surface area contributed by atoms with E-state index in [0.717, 1.165) is 13.1 Å². The van der Waals surface area contributed by atoms with Crippen LogP contribution in [0.2, 0.25) is 0 Å². The lowest BCUT2D eigenvalue weighted by Crippen LogP contribution is -2.27. The minimum atomic E-state index is 0.171. The van der Waals surface area contributed by atoms with Crippen LogP contribution < -0.4 is 5.32 Å². The maximum atomic E-state index is 4.52. The molecule has 0 amide bonds. The van der Waals surface area contributed by atoms with E-state index in [1.54, 1.807) is 0 Å². The Bertz CT molecular complexity index is 379. The predicted molar refractivity (Wildman–Crippen MR) is 89.5 cm³/mol. The van der Waals surface area contributed by atoms with Gasteiger partial charge < -0.3 is 10.2 Å². The zero-order chi connectivity index (χ0) is 15.2. The van der Waals surface area contributed by atoms with Crippen LogP contribution in [0.15, 0.2) is 6.20 Å². The Labute approximate surface area is 128 Å². The summed E-state index contributed by atoms with van der Waals surface area (Å²) in [5.41, 5.74) is 0.171. The molecule has 0 aliphatic carbocycles. The number of rotatable bonds is 8. The first kappa shape index (κ1) is 17.6. The smallest absolute Gasteiger partial charge is 0.0981 e. The molecule has 1 N–H and O–H groups in total. The molecule has 0 spiro atoms. The van der Waals surface area contributed by atoms with Crippen LogP contribution in [0.4, 0.5) is 0 Å². The lowest BCUT2D eigenvalue weighted by Gasteiger charge is -2.20. The minimum absolute atomic E-state index is 0.171. The highest BCUT2D eigenvalue weighted by molar-refractivity contribution is 7.11. The predicted octanol–water partition coefficient (Wildman–Crippen LogP) is 3.65. The number of unbranched alkanes of at least 4 members (excludes halogenated alkanes) is 1. The highest BCUT2D eigenvalue weighted by Gasteiger charge is 2.17. The van der Waals surface area contributed by atoms with Crippen LogP contribution in [0, 0.1) is 0 Å². The molecule has 0 radical (unpaired) electrons. The third-order valence-corrected chi connectivity index (χ3v) is 4.91. The number of hydrogen-bond acceptors (Lipinski definition) is 4. The molecule has 116 valence electrons. The van der Waals surface area contributed by atoms with Crippen LogP contribution in [0.25, 0.3) is 0 Å². The van der Waals surface area contributed by atoms with Gasteiger partial charge in [-0.15, -0.1) is 11.3 Å². The van der Waals surface area contributed by atoms with E-state index < -0.39 is 0 Å². The number of hydrogen-bond donors (Lipinski definition) is 1. The summed E-state index contributed by atoms with van der Waals surface area (Å²) in [4.78, 5) is 8.26. The Balaban J connectivity index is 2.14. The topological polar surface area (TPSA) is 28.2 Å². The molecular weight excluding hydrogens is 266 g/mol. The van der Waals surface area contributed by atoms with Crippen LogP contribution in [0.3, 0.4) is 0 Å². The summed E-state index contributed by atoms with van der Waals surface area (Å²) < 4.78 is 0. The Kier molecular flexibility index (Phi) is 7.13. The monoisotopic (exact) mass is 297 g/mol. The normalized spacial score (nSPS) is 12.6. The fraction of sp³-hybridized carbons (Fsp3) is 0.812. The zero-order valence-corrected chi connectivity index (χ0v) is 14.8. The molecule has 1 rings (SSSR count). The van der Waals surface area contributed by atoms with Crippen LogP contribution in [-0.2, 0) is 12.0 Å². The van der Waals surface area contributed by atoms with Crippen molar-refractivity contribution in [1.82, 2.24) is 15.2 Å². The Morgan fingerprint density at radius 1 is 1.30 bits per heavy atom. The van der Waals surface area contributed by atoms with Gasteiger partial charge in [0.05, 0.1) is 5.01 Å². The second kappa shape index (κ2) is 8.11. The number of aromatic nitrogens is 1. The van der Waals surface area contributed by atoms with Gasteiger partial charge in [0.2, 0.25) is 0 Å². The molecule has 0 fully saturated rings. The lowest BCUT2D eigenvalue weighted by atomic mass is 9.98. The molecule has 0 saturated heterocycles. The van der Waals surface area contributed by atoms with Crippen molar-refractivity contribution in [3.63, 3.8) is 0 Å². The second-order valence-electron chi connectivity index (χ2n) is 6.84. The molecule has 3 nitrogen and oxygen atoms in total. The first-order valence-electron chi connectivity index (χ1n) is 7.67. The molecule has 0 bridgehead atoms. The van der Waals surface area contributed by atoms with Crippen LogP contribution >= 0.6 is 11.3 Å². The summed E-state index contributed by atoms with van der Waals surface area (Å²) in [6, 6.07) is 0.649. The van der Waals surface area contributed by atoms with Crippen LogP contribution in [-0.4, -0.2) is 36.1 Å². The highest BCUT2D eigenvalue weighted by Crippen LogP contribution is 2.26. The van der Waals surface area contributed by atoms with E-state index in [-0.39, 0.29) is 5.41 Å². The van der Waals surface area contributed by atoms with Crippen molar-refractivity contribution in [1.29, 1.82) is 0 Å². The Morgan fingerprint density at radius 2 is 2.00 bits per heavy atom. The van der Waals surface area contributed by atoms with Crippen molar-refractivity contribution in [3.05, 3.63) is 16.1 Å². The Hall–Kier alpha value is -0.450. The Morgan fingerprint density at radius 3 is 2.55 bits per heavy atom. The van der Waals surface area contributed by atoms with Gasteiger partial charge in [0.25, 0.3) is 0 Å². The SMILES string of the molecule is CC(C)N(C)CCCCNCc1cnc(C(C)(C)C)s1. The molecule has 0 aliphatic heterocycles. The minimum Gasteiger partial charge on any atom is -0.312 e. The molecule has 0 saturated carbocycles. The molecule has 0 atom stereocenters. The van der Waals surface area contributed by atoms with Crippen molar-refractivity contribution in [2.45, 2.75) is 65.5 Å². The van der Waals surface area contributed by atoms with Gasteiger partial charge in [0.15, 0.2) is 0 Å². The van der Waals surface area contributed by atoms with Crippen molar-refractivity contribution in [2.75, 3.05) is 20.1 Å². The standard InChI is InChI=1S/C16H31N3S/c1-13(2)19(6)10-8-7-9-17-11-14-12-18-15(20-14)16(3,4)5/h12-13,17H,7-11H2,1-6H3. The first-order chi connectivity index (χ1) is 9.30. The lowest BCUT2D eigenvalue weighted by molar-refractivity contribution is 0.268. The number of nitrogens with one attached hydrogen (secondary N) is 1. The average molecular weight is 298 g/mol. The molecule has 4 heteroatoms. The third-order valence-electron chi connectivity index (χ3n) is 3.49. The molecule has 0 aromatic carbocycles. The van der Waals surface area contributed by atoms with E-state index in [2.05, 4.69) is 56.9 Å². The van der Waals surface area contributed by atoms with Gasteiger partial charge in [-0.25, -0.2) is 4.98 Å². The van der Waals surface area contributed by atoms with Crippen molar-refractivity contribution in [3.8, 4) is 0 Å². The first-order valence-corrected chi connectivity index (χ1v) is 8.48. The fourth-order valence-electron chi connectivity index (χ4n) is 1.82.